The summed E-state index contributed by atoms with van der Waals surface area (Å²) in [6.45, 7) is 5.45. The molecule has 0 amide bonds. The smallest absolute Gasteiger partial charge is 0.223 e. The summed E-state index contributed by atoms with van der Waals surface area (Å²) < 4.78 is 12.7. The lowest BCUT2D eigenvalue weighted by molar-refractivity contribution is 0.186. The van der Waals surface area contributed by atoms with Crippen molar-refractivity contribution in [1.29, 1.82) is 0 Å². The molecule has 0 aliphatic carbocycles. The molecule has 7 nitrogen and oxygen atoms in total. The molecule has 4 aromatic heterocycles. The first-order chi connectivity index (χ1) is 13.2. The molecule has 4 rings (SSSR count). The predicted molar refractivity (Wildman–Crippen MR) is 102 cm³/mol. The Labute approximate surface area is 157 Å². The first-order valence-corrected chi connectivity index (χ1v) is 8.93. The van der Waals surface area contributed by atoms with E-state index in [1.807, 2.05) is 18.3 Å². The normalized spacial score (nSPS) is 11.4. The number of aromatic nitrogens is 5. The van der Waals surface area contributed by atoms with Gasteiger partial charge in [-0.15, -0.1) is 0 Å². The molecule has 4 heterocycles. The van der Waals surface area contributed by atoms with Crippen molar-refractivity contribution in [2.45, 2.75) is 33.4 Å². The molecule has 0 saturated carbocycles. The minimum absolute atomic E-state index is 0.532. The third-order valence-electron chi connectivity index (χ3n) is 4.42. The number of pyridine rings is 2. The van der Waals surface area contributed by atoms with E-state index in [0.29, 0.717) is 18.3 Å². The summed E-state index contributed by atoms with van der Waals surface area (Å²) >= 11 is 0. The molecule has 27 heavy (non-hydrogen) atoms. The maximum atomic E-state index is 5.38. The summed E-state index contributed by atoms with van der Waals surface area (Å²) in [7, 11) is 1.71. The van der Waals surface area contributed by atoms with E-state index in [4.69, 9.17) is 9.26 Å². The molecule has 0 fully saturated rings. The molecule has 4 aromatic rings. The third kappa shape index (κ3) is 3.33. The fraction of sp³-hybridized carbons (Fsp3) is 0.300. The Balaban J connectivity index is 1.79. The van der Waals surface area contributed by atoms with Gasteiger partial charge >= 0.3 is 0 Å². The summed E-state index contributed by atoms with van der Waals surface area (Å²) in [4.78, 5) is 13.4. The first kappa shape index (κ1) is 17.4. The molecule has 0 aliphatic heterocycles. The zero-order valence-electron chi connectivity index (χ0n) is 15.6. The molecule has 138 valence electrons. The second-order valence-electron chi connectivity index (χ2n) is 6.43. The molecule has 0 atom stereocenters. The van der Waals surface area contributed by atoms with Gasteiger partial charge < -0.3 is 13.8 Å². The molecule has 0 bridgehead atoms. The van der Waals surface area contributed by atoms with Gasteiger partial charge in [-0.1, -0.05) is 12.1 Å². The van der Waals surface area contributed by atoms with E-state index in [1.165, 1.54) is 0 Å². The summed E-state index contributed by atoms with van der Waals surface area (Å²) in [6.07, 6.45) is 6.85. The monoisotopic (exact) mass is 363 g/mol. The Morgan fingerprint density at radius 3 is 2.78 bits per heavy atom. The second-order valence-corrected chi connectivity index (χ2v) is 6.43. The van der Waals surface area contributed by atoms with Crippen molar-refractivity contribution in [2.24, 2.45) is 0 Å². The number of ether oxygens (including phenoxy) is 1. The fourth-order valence-corrected chi connectivity index (χ4v) is 3.22. The fourth-order valence-electron chi connectivity index (χ4n) is 3.22. The predicted octanol–water partition coefficient (Wildman–Crippen LogP) is 4.01. The van der Waals surface area contributed by atoms with Gasteiger partial charge in [0.25, 0.3) is 0 Å². The van der Waals surface area contributed by atoms with Gasteiger partial charge in [0.15, 0.2) is 0 Å². The molecule has 0 aromatic carbocycles. The Morgan fingerprint density at radius 2 is 2.04 bits per heavy atom. The summed E-state index contributed by atoms with van der Waals surface area (Å²) in [5, 5.41) is 5.12. The van der Waals surface area contributed by atoms with Gasteiger partial charge in [-0.3, -0.25) is 9.97 Å². The van der Waals surface area contributed by atoms with Crippen LogP contribution in [0, 0.1) is 6.92 Å². The van der Waals surface area contributed by atoms with Crippen LogP contribution in [0.1, 0.15) is 24.8 Å². The molecule has 0 spiro atoms. The lowest BCUT2D eigenvalue weighted by Gasteiger charge is -2.05. The number of methoxy groups -OCH3 is 1. The van der Waals surface area contributed by atoms with Crippen LogP contribution in [0.2, 0.25) is 0 Å². The maximum absolute atomic E-state index is 5.38. The van der Waals surface area contributed by atoms with E-state index in [9.17, 15) is 0 Å². The topological polar surface area (TPSA) is 78.9 Å². The lowest BCUT2D eigenvalue weighted by Crippen LogP contribution is -1.95. The number of hydrogen-bond donors (Lipinski definition) is 0. The van der Waals surface area contributed by atoms with Gasteiger partial charge in [-0.25, -0.2) is 0 Å². The van der Waals surface area contributed by atoms with Crippen LogP contribution in [0.15, 0.2) is 41.3 Å². The zero-order valence-corrected chi connectivity index (χ0v) is 15.6. The average molecular weight is 363 g/mol. The number of hydrogen-bond acceptors (Lipinski definition) is 6. The minimum atomic E-state index is 0.532. The van der Waals surface area contributed by atoms with Crippen molar-refractivity contribution in [3.05, 3.63) is 48.2 Å². The van der Waals surface area contributed by atoms with Crippen molar-refractivity contribution in [1.82, 2.24) is 24.7 Å². The van der Waals surface area contributed by atoms with Crippen LogP contribution in [-0.4, -0.2) is 31.8 Å². The van der Waals surface area contributed by atoms with Crippen LogP contribution in [0.3, 0.4) is 0 Å². The standard InChI is InChI=1S/C20H21N5O2/c1-4-7-25-11-15(12-26-3)16-9-18(22-10-19(16)25)17-8-14(5-6-21-17)20-23-13(2)27-24-20/h5-6,8-11H,4,7,12H2,1-3H3. The summed E-state index contributed by atoms with van der Waals surface area (Å²) in [5.74, 6) is 1.08. The number of rotatable bonds is 6. The highest BCUT2D eigenvalue weighted by Gasteiger charge is 2.13. The van der Waals surface area contributed by atoms with Gasteiger partial charge in [0.2, 0.25) is 11.7 Å². The lowest BCUT2D eigenvalue weighted by atomic mass is 10.1. The Hall–Kier alpha value is -3.06. The van der Waals surface area contributed by atoms with E-state index in [-0.39, 0.29) is 0 Å². The number of aryl methyl sites for hydroxylation is 2. The van der Waals surface area contributed by atoms with Crippen LogP contribution < -0.4 is 0 Å². The van der Waals surface area contributed by atoms with Gasteiger partial charge in [0, 0.05) is 49.5 Å². The van der Waals surface area contributed by atoms with Gasteiger partial charge in [0.1, 0.15) is 0 Å². The van der Waals surface area contributed by atoms with Gasteiger partial charge in [0.05, 0.1) is 29.7 Å². The van der Waals surface area contributed by atoms with Crippen LogP contribution in [0.5, 0.6) is 0 Å². The largest absolute Gasteiger partial charge is 0.380 e. The number of nitrogens with zero attached hydrogens (tertiary/aromatic N) is 5. The van der Waals surface area contributed by atoms with Gasteiger partial charge in [-0.2, -0.15) is 4.98 Å². The Bertz CT molecular complexity index is 1080. The highest BCUT2D eigenvalue weighted by atomic mass is 16.5. The minimum Gasteiger partial charge on any atom is -0.380 e. The molecule has 0 aliphatic rings. The van der Waals surface area contributed by atoms with E-state index in [0.717, 1.165) is 46.4 Å². The van der Waals surface area contributed by atoms with Gasteiger partial charge in [-0.05, 0) is 24.6 Å². The van der Waals surface area contributed by atoms with E-state index in [1.54, 1.807) is 20.2 Å². The quantitative estimate of drug-likeness (QED) is 0.515. The van der Waals surface area contributed by atoms with Crippen molar-refractivity contribution >= 4 is 10.9 Å². The average Bonchev–Trinajstić information content (AvgIpc) is 3.27. The Kier molecular flexibility index (Phi) is 4.68. The molecule has 7 heteroatoms. The van der Waals surface area contributed by atoms with Crippen molar-refractivity contribution < 1.29 is 9.26 Å². The highest BCUT2D eigenvalue weighted by Crippen LogP contribution is 2.27. The third-order valence-corrected chi connectivity index (χ3v) is 4.42. The first-order valence-electron chi connectivity index (χ1n) is 8.93. The number of fused-ring (bicyclic) bond motifs is 1. The summed E-state index contributed by atoms with van der Waals surface area (Å²) in [6, 6.07) is 5.86. The van der Waals surface area contributed by atoms with Crippen LogP contribution >= 0.6 is 0 Å². The molecular weight excluding hydrogens is 342 g/mol. The highest BCUT2D eigenvalue weighted by molar-refractivity contribution is 5.86. The van der Waals surface area contributed by atoms with E-state index < -0.39 is 0 Å². The van der Waals surface area contributed by atoms with Crippen LogP contribution in [0.25, 0.3) is 33.7 Å². The molecule has 0 saturated heterocycles. The van der Waals surface area contributed by atoms with Crippen LogP contribution in [0.4, 0.5) is 0 Å². The SMILES string of the molecule is CCCn1cc(COC)c2cc(-c3cc(-c4noc(C)n4)ccn3)ncc21. The Morgan fingerprint density at radius 1 is 1.19 bits per heavy atom. The zero-order chi connectivity index (χ0) is 18.8. The molecule has 0 radical (unpaired) electrons. The second kappa shape index (κ2) is 7.28. The van der Waals surface area contributed by atoms with Crippen molar-refractivity contribution in [2.75, 3.05) is 7.11 Å². The summed E-state index contributed by atoms with van der Waals surface area (Å²) in [5.41, 5.74) is 4.67. The maximum Gasteiger partial charge on any atom is 0.223 e. The van der Waals surface area contributed by atoms with E-state index >= 15 is 0 Å². The van der Waals surface area contributed by atoms with Crippen molar-refractivity contribution in [3.63, 3.8) is 0 Å². The van der Waals surface area contributed by atoms with Crippen molar-refractivity contribution in [3.8, 4) is 22.8 Å². The van der Waals surface area contributed by atoms with Crippen LogP contribution in [-0.2, 0) is 17.9 Å². The molecule has 0 unspecified atom stereocenters. The molecule has 0 N–H and O–H groups in total. The molecular formula is C20H21N5O2. The van der Waals surface area contributed by atoms with E-state index in [2.05, 4.69) is 43.9 Å².